The summed E-state index contributed by atoms with van der Waals surface area (Å²) in [7, 11) is -1.47. The van der Waals surface area contributed by atoms with Crippen LogP contribution in [0.15, 0.2) is 83.9 Å². The second kappa shape index (κ2) is 8.79. The Hall–Kier alpha value is -4.11. The number of hydrogen-bond donors (Lipinski definition) is 0. The van der Waals surface area contributed by atoms with E-state index in [9.17, 15) is 18.0 Å². The van der Waals surface area contributed by atoms with Crippen LogP contribution in [0.1, 0.15) is 26.3 Å². The number of para-hydroxylation sites is 2. The quantitative estimate of drug-likeness (QED) is 0.530. The summed E-state index contributed by atoms with van der Waals surface area (Å²) in [6.45, 7) is 0. The van der Waals surface area contributed by atoms with E-state index in [0.29, 0.717) is 10.1 Å². The molecule has 0 spiro atoms. The van der Waals surface area contributed by atoms with E-state index in [2.05, 4.69) is 0 Å². The van der Waals surface area contributed by atoms with Crippen LogP contribution in [0.25, 0.3) is 5.76 Å². The summed E-state index contributed by atoms with van der Waals surface area (Å²) in [6.07, 6.45) is 1.000. The highest BCUT2D eigenvalue weighted by Crippen LogP contribution is 2.35. The van der Waals surface area contributed by atoms with Crippen molar-refractivity contribution in [2.24, 2.45) is 0 Å². The Labute approximate surface area is 190 Å². The summed E-state index contributed by atoms with van der Waals surface area (Å²) in [5, 5.41) is 0. The van der Waals surface area contributed by atoms with Gasteiger partial charge < -0.3 is 14.2 Å². The molecule has 3 aromatic carbocycles. The summed E-state index contributed by atoms with van der Waals surface area (Å²) in [6, 6.07) is 18.7. The molecule has 168 valence electrons. The molecule has 0 saturated heterocycles. The first-order chi connectivity index (χ1) is 15.9. The average Bonchev–Trinajstić information content (AvgIpc) is 2.85. The fourth-order valence-electron chi connectivity index (χ4n) is 3.40. The standard InChI is InChI=1S/C24H19NO7S/c1-30-19-12-6-3-10-17(19)23(26)25-15-21(16-9-5-8-14-22(16)33(25,28)29)32-24(27)18-11-4-7-13-20(18)31-2/h3-15H,1-2H3. The second-order valence-electron chi connectivity index (χ2n) is 6.89. The number of sulfonamides is 1. The predicted molar refractivity (Wildman–Crippen MR) is 119 cm³/mol. The van der Waals surface area contributed by atoms with Crippen molar-refractivity contribution >= 4 is 27.7 Å². The topological polar surface area (TPSA) is 99.2 Å². The summed E-state index contributed by atoms with van der Waals surface area (Å²) in [5.74, 6) is -1.22. The molecular formula is C24H19NO7S. The van der Waals surface area contributed by atoms with Crippen LogP contribution in [0.3, 0.4) is 0 Å². The lowest BCUT2D eigenvalue weighted by Gasteiger charge is -2.26. The molecule has 0 saturated carbocycles. The van der Waals surface area contributed by atoms with Crippen LogP contribution >= 0.6 is 0 Å². The fourth-order valence-corrected chi connectivity index (χ4v) is 4.86. The minimum Gasteiger partial charge on any atom is -0.496 e. The summed E-state index contributed by atoms with van der Waals surface area (Å²) < 4.78 is 43.1. The number of carbonyl (C=O) groups excluding carboxylic acids is 2. The van der Waals surface area contributed by atoms with Crippen LogP contribution in [-0.4, -0.2) is 38.8 Å². The molecule has 1 amide bonds. The van der Waals surface area contributed by atoms with E-state index in [0.717, 1.165) is 6.20 Å². The van der Waals surface area contributed by atoms with Gasteiger partial charge in [-0.3, -0.25) is 4.79 Å². The molecule has 1 heterocycles. The molecule has 3 aromatic rings. The lowest BCUT2D eigenvalue weighted by Crippen LogP contribution is -2.36. The molecule has 33 heavy (non-hydrogen) atoms. The predicted octanol–water partition coefficient (Wildman–Crippen LogP) is 3.70. The highest BCUT2D eigenvalue weighted by Gasteiger charge is 2.38. The zero-order valence-corrected chi connectivity index (χ0v) is 18.5. The lowest BCUT2D eigenvalue weighted by molar-refractivity contribution is 0.0681. The van der Waals surface area contributed by atoms with Gasteiger partial charge >= 0.3 is 5.97 Å². The van der Waals surface area contributed by atoms with Crippen LogP contribution in [0.5, 0.6) is 11.5 Å². The van der Waals surface area contributed by atoms with Gasteiger partial charge in [-0.2, -0.15) is 0 Å². The molecule has 1 aliphatic heterocycles. The van der Waals surface area contributed by atoms with E-state index in [1.165, 1.54) is 44.6 Å². The number of nitrogens with zero attached hydrogens (tertiary/aromatic N) is 1. The smallest absolute Gasteiger partial charge is 0.347 e. The van der Waals surface area contributed by atoms with Gasteiger partial charge in [0.05, 0.1) is 30.9 Å². The Kier molecular flexibility index (Phi) is 5.89. The monoisotopic (exact) mass is 465 g/mol. The molecule has 0 aromatic heterocycles. The summed E-state index contributed by atoms with van der Waals surface area (Å²) >= 11 is 0. The van der Waals surface area contributed by atoms with E-state index >= 15 is 0 Å². The number of esters is 1. The molecule has 0 radical (unpaired) electrons. The third-order valence-electron chi connectivity index (χ3n) is 4.99. The van der Waals surface area contributed by atoms with E-state index in [1.807, 2.05) is 0 Å². The second-order valence-corrected chi connectivity index (χ2v) is 8.67. The average molecular weight is 465 g/mol. The maximum absolute atomic E-state index is 13.3. The van der Waals surface area contributed by atoms with Crippen LogP contribution in [-0.2, 0) is 14.8 Å². The number of amides is 1. The number of fused-ring (bicyclic) bond motifs is 1. The van der Waals surface area contributed by atoms with Crippen molar-refractivity contribution in [3.05, 3.63) is 95.7 Å². The first-order valence-electron chi connectivity index (χ1n) is 9.76. The molecule has 1 aliphatic rings. The van der Waals surface area contributed by atoms with Gasteiger partial charge in [0.2, 0.25) is 0 Å². The Morgan fingerprint density at radius 3 is 1.97 bits per heavy atom. The van der Waals surface area contributed by atoms with Crippen LogP contribution in [0.4, 0.5) is 0 Å². The molecule has 0 fully saturated rings. The van der Waals surface area contributed by atoms with Gasteiger partial charge in [-0.1, -0.05) is 36.4 Å². The zero-order chi connectivity index (χ0) is 23.6. The highest BCUT2D eigenvalue weighted by atomic mass is 32.2. The van der Waals surface area contributed by atoms with Crippen molar-refractivity contribution in [1.29, 1.82) is 0 Å². The van der Waals surface area contributed by atoms with Gasteiger partial charge in [-0.05, 0) is 36.4 Å². The number of hydrogen-bond acceptors (Lipinski definition) is 7. The summed E-state index contributed by atoms with van der Waals surface area (Å²) in [4.78, 5) is 26.0. The third-order valence-corrected chi connectivity index (χ3v) is 6.69. The van der Waals surface area contributed by atoms with Crippen molar-refractivity contribution in [1.82, 2.24) is 4.31 Å². The third kappa shape index (κ3) is 3.94. The van der Waals surface area contributed by atoms with E-state index < -0.39 is 21.9 Å². The lowest BCUT2D eigenvalue weighted by atomic mass is 10.1. The molecule has 0 unspecified atom stereocenters. The molecule has 0 N–H and O–H groups in total. The minimum atomic E-state index is -4.27. The van der Waals surface area contributed by atoms with Gasteiger partial charge in [0.25, 0.3) is 15.9 Å². The molecule has 4 rings (SSSR count). The number of ether oxygens (including phenoxy) is 3. The molecule has 0 atom stereocenters. The number of methoxy groups -OCH3 is 2. The number of rotatable bonds is 5. The van der Waals surface area contributed by atoms with Crippen LogP contribution < -0.4 is 9.47 Å². The first-order valence-corrected chi connectivity index (χ1v) is 11.2. The Morgan fingerprint density at radius 1 is 0.758 bits per heavy atom. The number of carbonyl (C=O) groups is 2. The van der Waals surface area contributed by atoms with Crippen molar-refractivity contribution in [2.75, 3.05) is 14.2 Å². The maximum atomic E-state index is 13.3. The van der Waals surface area contributed by atoms with Crippen LogP contribution in [0, 0.1) is 0 Å². The SMILES string of the molecule is COc1ccccc1C(=O)OC1=CN(C(=O)c2ccccc2OC)S(=O)(=O)c2ccccc21. The zero-order valence-electron chi connectivity index (χ0n) is 17.7. The number of benzene rings is 3. The summed E-state index contributed by atoms with van der Waals surface area (Å²) in [5.41, 5.74) is 0.342. The minimum absolute atomic E-state index is 0.0367. The largest absolute Gasteiger partial charge is 0.496 e. The van der Waals surface area contributed by atoms with E-state index in [4.69, 9.17) is 14.2 Å². The van der Waals surface area contributed by atoms with Crippen LogP contribution in [0.2, 0.25) is 0 Å². The molecule has 0 bridgehead atoms. The molecule has 9 heteroatoms. The Bertz CT molecular complexity index is 1380. The first kappa shape index (κ1) is 22.1. The van der Waals surface area contributed by atoms with Crippen molar-refractivity contribution in [2.45, 2.75) is 4.90 Å². The maximum Gasteiger partial charge on any atom is 0.347 e. The molecular weight excluding hydrogens is 446 g/mol. The van der Waals surface area contributed by atoms with Crippen molar-refractivity contribution in [3.8, 4) is 11.5 Å². The van der Waals surface area contributed by atoms with Crippen molar-refractivity contribution < 1.29 is 32.2 Å². The van der Waals surface area contributed by atoms with Gasteiger partial charge in [0, 0.05) is 5.56 Å². The van der Waals surface area contributed by atoms with E-state index in [-0.39, 0.29) is 33.1 Å². The van der Waals surface area contributed by atoms with Gasteiger partial charge in [0.15, 0.2) is 5.76 Å². The van der Waals surface area contributed by atoms with Crippen molar-refractivity contribution in [3.63, 3.8) is 0 Å². The van der Waals surface area contributed by atoms with E-state index in [1.54, 1.807) is 42.5 Å². The molecule has 0 aliphatic carbocycles. The Balaban J connectivity index is 1.81. The van der Waals surface area contributed by atoms with Gasteiger partial charge in [-0.15, -0.1) is 0 Å². The Morgan fingerprint density at radius 2 is 1.30 bits per heavy atom. The molecule has 8 nitrogen and oxygen atoms in total. The normalized spacial score (nSPS) is 14.0. The van der Waals surface area contributed by atoms with Gasteiger partial charge in [0.1, 0.15) is 17.1 Å². The highest BCUT2D eigenvalue weighted by molar-refractivity contribution is 7.90. The fraction of sp³-hybridized carbons (Fsp3) is 0.0833. The van der Waals surface area contributed by atoms with Gasteiger partial charge in [-0.25, -0.2) is 17.5 Å².